The molecular formula is C11H17N3O. The molecule has 2 heterocycles. The summed E-state index contributed by atoms with van der Waals surface area (Å²) < 4.78 is 0. The van der Waals surface area contributed by atoms with Gasteiger partial charge in [-0.1, -0.05) is 0 Å². The van der Waals surface area contributed by atoms with Crippen molar-refractivity contribution in [3.63, 3.8) is 0 Å². The summed E-state index contributed by atoms with van der Waals surface area (Å²) in [5.41, 5.74) is -0.517. The van der Waals surface area contributed by atoms with Crippen molar-refractivity contribution < 1.29 is 5.11 Å². The molecule has 1 atom stereocenters. The number of aromatic nitrogens is 2. The highest BCUT2D eigenvalue weighted by atomic mass is 16.3. The molecule has 4 heteroatoms. The molecule has 0 aromatic carbocycles. The van der Waals surface area contributed by atoms with E-state index in [0.717, 1.165) is 38.2 Å². The summed E-state index contributed by atoms with van der Waals surface area (Å²) in [7, 11) is 0. The highest BCUT2D eigenvalue weighted by Gasteiger charge is 2.25. The van der Waals surface area contributed by atoms with Crippen molar-refractivity contribution in [2.75, 3.05) is 18.0 Å². The molecule has 0 saturated carbocycles. The molecular weight excluding hydrogens is 190 g/mol. The van der Waals surface area contributed by atoms with Crippen LogP contribution in [0.25, 0.3) is 0 Å². The average molecular weight is 207 g/mol. The van der Waals surface area contributed by atoms with Crippen LogP contribution in [0.3, 0.4) is 0 Å². The molecule has 4 nitrogen and oxygen atoms in total. The molecule has 1 aromatic rings. The number of anilines is 1. The van der Waals surface area contributed by atoms with Gasteiger partial charge in [0, 0.05) is 19.3 Å². The first kappa shape index (κ1) is 10.4. The van der Waals surface area contributed by atoms with Gasteiger partial charge in [0.15, 0.2) is 5.82 Å². The molecule has 2 rings (SSSR count). The van der Waals surface area contributed by atoms with E-state index in [-0.39, 0.29) is 0 Å². The van der Waals surface area contributed by atoms with Crippen molar-refractivity contribution in [2.45, 2.75) is 31.8 Å². The van der Waals surface area contributed by atoms with Gasteiger partial charge in [-0.3, -0.25) is 0 Å². The Labute approximate surface area is 89.9 Å². The topological polar surface area (TPSA) is 49.2 Å². The quantitative estimate of drug-likeness (QED) is 0.752. The van der Waals surface area contributed by atoms with Crippen LogP contribution in [0.2, 0.25) is 0 Å². The molecule has 0 aliphatic carbocycles. The van der Waals surface area contributed by atoms with Gasteiger partial charge >= 0.3 is 0 Å². The Morgan fingerprint density at radius 1 is 1.40 bits per heavy atom. The van der Waals surface area contributed by atoms with Gasteiger partial charge in [0.05, 0.1) is 5.60 Å². The molecule has 0 bridgehead atoms. The van der Waals surface area contributed by atoms with E-state index in [4.69, 9.17) is 0 Å². The van der Waals surface area contributed by atoms with Crippen LogP contribution in [0.15, 0.2) is 18.3 Å². The molecule has 0 spiro atoms. The lowest BCUT2D eigenvalue weighted by atomic mass is 9.98. The molecule has 1 N–H and O–H groups in total. The van der Waals surface area contributed by atoms with Crippen LogP contribution in [0.5, 0.6) is 0 Å². The number of rotatable bonds is 1. The van der Waals surface area contributed by atoms with Crippen molar-refractivity contribution in [2.24, 2.45) is 0 Å². The monoisotopic (exact) mass is 207 g/mol. The molecule has 0 radical (unpaired) electrons. The van der Waals surface area contributed by atoms with Crippen molar-refractivity contribution in [3.05, 3.63) is 18.3 Å². The molecule has 1 aliphatic rings. The van der Waals surface area contributed by atoms with Crippen LogP contribution in [0.1, 0.15) is 26.2 Å². The minimum Gasteiger partial charge on any atom is -0.390 e. The van der Waals surface area contributed by atoms with Crippen molar-refractivity contribution in [1.82, 2.24) is 10.2 Å². The van der Waals surface area contributed by atoms with Gasteiger partial charge < -0.3 is 10.0 Å². The standard InChI is InChI=1S/C11H17N3O/c1-11(15)5-3-8-14(9-6-11)10-4-2-7-12-13-10/h2,4,7,15H,3,5-6,8-9H2,1H3. The summed E-state index contributed by atoms with van der Waals surface area (Å²) in [6.45, 7) is 3.72. The van der Waals surface area contributed by atoms with Gasteiger partial charge in [-0.15, -0.1) is 5.10 Å². The maximum Gasteiger partial charge on any atom is 0.151 e. The summed E-state index contributed by atoms with van der Waals surface area (Å²) >= 11 is 0. The van der Waals surface area contributed by atoms with E-state index in [9.17, 15) is 5.11 Å². The molecule has 1 fully saturated rings. The summed E-state index contributed by atoms with van der Waals surface area (Å²) in [5, 5.41) is 17.9. The van der Waals surface area contributed by atoms with Crippen molar-refractivity contribution in [3.8, 4) is 0 Å². The Kier molecular flexibility index (Phi) is 2.86. The molecule has 1 saturated heterocycles. The predicted octanol–water partition coefficient (Wildman–Crippen LogP) is 1.22. The lowest BCUT2D eigenvalue weighted by Crippen LogP contribution is -2.28. The van der Waals surface area contributed by atoms with E-state index in [1.807, 2.05) is 19.1 Å². The maximum absolute atomic E-state index is 9.96. The molecule has 82 valence electrons. The largest absolute Gasteiger partial charge is 0.390 e. The Morgan fingerprint density at radius 2 is 2.27 bits per heavy atom. The van der Waals surface area contributed by atoms with Crippen LogP contribution >= 0.6 is 0 Å². The van der Waals surface area contributed by atoms with E-state index in [1.54, 1.807) is 6.20 Å². The highest BCUT2D eigenvalue weighted by Crippen LogP contribution is 2.23. The van der Waals surface area contributed by atoms with Crippen molar-refractivity contribution in [1.29, 1.82) is 0 Å². The van der Waals surface area contributed by atoms with Gasteiger partial charge in [0.2, 0.25) is 0 Å². The molecule has 1 unspecified atom stereocenters. The van der Waals surface area contributed by atoms with Gasteiger partial charge in [-0.25, -0.2) is 0 Å². The van der Waals surface area contributed by atoms with Gasteiger partial charge in [-0.05, 0) is 38.3 Å². The second kappa shape index (κ2) is 4.14. The minimum absolute atomic E-state index is 0.517. The molecule has 15 heavy (non-hydrogen) atoms. The Balaban J connectivity index is 2.06. The number of hydrogen-bond donors (Lipinski definition) is 1. The Morgan fingerprint density at radius 3 is 3.00 bits per heavy atom. The maximum atomic E-state index is 9.96. The van der Waals surface area contributed by atoms with Gasteiger partial charge in [-0.2, -0.15) is 5.10 Å². The molecule has 1 aromatic heterocycles. The zero-order valence-electron chi connectivity index (χ0n) is 9.06. The minimum atomic E-state index is -0.517. The zero-order chi connectivity index (χ0) is 10.7. The van der Waals surface area contributed by atoms with Gasteiger partial charge in [0.1, 0.15) is 0 Å². The summed E-state index contributed by atoms with van der Waals surface area (Å²) in [6.07, 6.45) is 4.34. The van der Waals surface area contributed by atoms with E-state index in [1.165, 1.54) is 0 Å². The van der Waals surface area contributed by atoms with E-state index in [2.05, 4.69) is 15.1 Å². The first-order valence-corrected chi connectivity index (χ1v) is 5.42. The lowest BCUT2D eigenvalue weighted by Gasteiger charge is -2.22. The van der Waals surface area contributed by atoms with E-state index >= 15 is 0 Å². The third-order valence-corrected chi connectivity index (χ3v) is 2.95. The van der Waals surface area contributed by atoms with E-state index in [0.29, 0.717) is 0 Å². The summed E-state index contributed by atoms with van der Waals surface area (Å²) in [5.74, 6) is 0.912. The fourth-order valence-electron chi connectivity index (χ4n) is 1.95. The second-order valence-corrected chi connectivity index (χ2v) is 4.42. The van der Waals surface area contributed by atoms with Crippen LogP contribution in [0, 0.1) is 0 Å². The fourth-order valence-corrected chi connectivity index (χ4v) is 1.95. The smallest absolute Gasteiger partial charge is 0.151 e. The van der Waals surface area contributed by atoms with Crippen molar-refractivity contribution >= 4 is 5.82 Å². The van der Waals surface area contributed by atoms with Crippen LogP contribution in [-0.4, -0.2) is 34.0 Å². The highest BCUT2D eigenvalue weighted by molar-refractivity contribution is 5.36. The SMILES string of the molecule is CC1(O)CCCN(c2cccnn2)CC1. The summed E-state index contributed by atoms with van der Waals surface area (Å²) in [6, 6.07) is 3.86. The number of hydrogen-bond acceptors (Lipinski definition) is 4. The first-order valence-electron chi connectivity index (χ1n) is 5.42. The average Bonchev–Trinajstić information content (AvgIpc) is 2.41. The van der Waals surface area contributed by atoms with Crippen LogP contribution < -0.4 is 4.90 Å². The van der Waals surface area contributed by atoms with Gasteiger partial charge in [0.25, 0.3) is 0 Å². The first-order chi connectivity index (χ1) is 7.17. The third kappa shape index (κ3) is 2.65. The van der Waals surface area contributed by atoms with Crippen LogP contribution in [0.4, 0.5) is 5.82 Å². The normalized spacial score (nSPS) is 27.5. The second-order valence-electron chi connectivity index (χ2n) is 4.42. The third-order valence-electron chi connectivity index (χ3n) is 2.95. The summed E-state index contributed by atoms with van der Waals surface area (Å²) in [4.78, 5) is 2.19. The Hall–Kier alpha value is -1.16. The Bertz CT molecular complexity index is 313. The molecule has 1 aliphatic heterocycles. The lowest BCUT2D eigenvalue weighted by molar-refractivity contribution is 0.0481. The molecule has 0 amide bonds. The number of nitrogens with zero attached hydrogens (tertiary/aromatic N) is 3. The fraction of sp³-hybridized carbons (Fsp3) is 0.636. The van der Waals surface area contributed by atoms with E-state index < -0.39 is 5.60 Å². The zero-order valence-corrected chi connectivity index (χ0v) is 9.06. The predicted molar refractivity (Wildman–Crippen MR) is 58.7 cm³/mol. The number of aliphatic hydroxyl groups is 1. The van der Waals surface area contributed by atoms with Crippen LogP contribution in [-0.2, 0) is 0 Å².